The predicted molar refractivity (Wildman–Crippen MR) is 91.5 cm³/mol. The Kier molecular flexibility index (Phi) is 4.94. The molecule has 0 aliphatic carbocycles. The van der Waals surface area contributed by atoms with Crippen LogP contribution in [0.2, 0.25) is 4.34 Å². The summed E-state index contributed by atoms with van der Waals surface area (Å²) in [5, 5.41) is 6.34. The first-order valence-corrected chi connectivity index (χ1v) is 9.22. The molecule has 23 heavy (non-hydrogen) atoms. The molecule has 126 valence electrons. The summed E-state index contributed by atoms with van der Waals surface area (Å²) in [5.41, 5.74) is 0. The molecular weight excluding hydrogens is 334 g/mol. The fraction of sp³-hybridized carbons (Fsp3) is 0.625. The molecule has 3 rings (SSSR count). The zero-order valence-electron chi connectivity index (χ0n) is 13.3. The Morgan fingerprint density at radius 3 is 2.87 bits per heavy atom. The molecular formula is C16H22ClN3O2S. The van der Waals surface area contributed by atoms with Gasteiger partial charge in [-0.25, -0.2) is 0 Å². The molecule has 7 heteroatoms. The number of hydrogen-bond donors (Lipinski definition) is 2. The summed E-state index contributed by atoms with van der Waals surface area (Å²) >= 11 is 7.48. The predicted octanol–water partition coefficient (Wildman–Crippen LogP) is 2.01. The first-order valence-electron chi connectivity index (χ1n) is 8.02. The van der Waals surface area contributed by atoms with Gasteiger partial charge in [0.2, 0.25) is 11.8 Å². The van der Waals surface area contributed by atoms with Crippen LogP contribution in [0.1, 0.15) is 31.6 Å². The van der Waals surface area contributed by atoms with Crippen LogP contribution in [-0.4, -0.2) is 41.4 Å². The van der Waals surface area contributed by atoms with E-state index >= 15 is 0 Å². The number of carbonyl (C=O) groups is 2. The second kappa shape index (κ2) is 6.79. The number of hydrogen-bond acceptors (Lipinski definition) is 4. The smallest absolute Gasteiger partial charge is 0.245 e. The van der Waals surface area contributed by atoms with Crippen molar-refractivity contribution in [1.29, 1.82) is 0 Å². The van der Waals surface area contributed by atoms with Crippen molar-refractivity contribution in [2.45, 2.75) is 51.4 Å². The van der Waals surface area contributed by atoms with E-state index in [1.54, 1.807) is 16.2 Å². The first kappa shape index (κ1) is 16.7. The van der Waals surface area contributed by atoms with Crippen molar-refractivity contribution in [1.82, 2.24) is 15.5 Å². The number of halogens is 1. The lowest BCUT2D eigenvalue weighted by Gasteiger charge is -2.35. The van der Waals surface area contributed by atoms with Gasteiger partial charge in [0, 0.05) is 24.0 Å². The van der Waals surface area contributed by atoms with Crippen LogP contribution in [0.3, 0.4) is 0 Å². The van der Waals surface area contributed by atoms with Crippen LogP contribution in [0, 0.1) is 5.92 Å². The Hall–Kier alpha value is -1.11. The normalized spacial score (nSPS) is 27.5. The molecule has 0 radical (unpaired) electrons. The number of fused-ring (bicyclic) bond motifs is 1. The summed E-state index contributed by atoms with van der Waals surface area (Å²) in [7, 11) is 0. The van der Waals surface area contributed by atoms with E-state index in [1.165, 1.54) is 0 Å². The van der Waals surface area contributed by atoms with E-state index in [0.717, 1.165) is 9.21 Å². The van der Waals surface area contributed by atoms with Crippen LogP contribution in [0.4, 0.5) is 0 Å². The number of nitrogens with zero attached hydrogens (tertiary/aromatic N) is 1. The Balaban J connectivity index is 1.60. The highest BCUT2D eigenvalue weighted by molar-refractivity contribution is 7.16. The van der Waals surface area contributed by atoms with Crippen molar-refractivity contribution in [3.8, 4) is 0 Å². The van der Waals surface area contributed by atoms with Gasteiger partial charge >= 0.3 is 0 Å². The van der Waals surface area contributed by atoms with Gasteiger partial charge in [0.1, 0.15) is 12.1 Å². The van der Waals surface area contributed by atoms with Crippen LogP contribution in [0.5, 0.6) is 0 Å². The quantitative estimate of drug-likeness (QED) is 0.849. The monoisotopic (exact) mass is 355 g/mol. The molecule has 2 saturated heterocycles. The second-order valence-corrected chi connectivity index (χ2v) is 8.52. The summed E-state index contributed by atoms with van der Waals surface area (Å²) in [6.07, 6.45) is 1.37. The van der Waals surface area contributed by atoms with Crippen molar-refractivity contribution in [2.75, 3.05) is 6.54 Å². The lowest BCUT2D eigenvalue weighted by molar-refractivity contribution is -0.147. The third-order valence-corrected chi connectivity index (χ3v) is 5.63. The zero-order chi connectivity index (χ0) is 16.6. The number of amides is 2. The number of nitrogens with one attached hydrogen (secondary N) is 2. The zero-order valence-corrected chi connectivity index (χ0v) is 14.9. The van der Waals surface area contributed by atoms with Gasteiger partial charge in [-0.15, -0.1) is 11.3 Å². The molecule has 2 N–H and O–H groups in total. The van der Waals surface area contributed by atoms with Gasteiger partial charge in [-0.2, -0.15) is 0 Å². The topological polar surface area (TPSA) is 61.4 Å². The summed E-state index contributed by atoms with van der Waals surface area (Å²) in [4.78, 5) is 27.8. The molecule has 0 unspecified atom stereocenters. The molecule has 0 spiro atoms. The van der Waals surface area contributed by atoms with E-state index in [0.29, 0.717) is 31.8 Å². The van der Waals surface area contributed by atoms with Gasteiger partial charge in [-0.1, -0.05) is 25.4 Å². The average molecular weight is 356 g/mol. The van der Waals surface area contributed by atoms with Gasteiger partial charge in [0.05, 0.1) is 4.34 Å². The molecule has 0 saturated carbocycles. The lowest BCUT2D eigenvalue weighted by Crippen LogP contribution is -2.61. The third kappa shape index (κ3) is 3.70. The highest BCUT2D eigenvalue weighted by atomic mass is 35.5. The fourth-order valence-electron chi connectivity index (χ4n) is 3.33. The van der Waals surface area contributed by atoms with Gasteiger partial charge in [-0.3, -0.25) is 9.59 Å². The molecule has 2 fully saturated rings. The van der Waals surface area contributed by atoms with Crippen molar-refractivity contribution in [3.63, 3.8) is 0 Å². The Labute approximate surface area is 145 Å². The van der Waals surface area contributed by atoms with Crippen LogP contribution < -0.4 is 10.6 Å². The van der Waals surface area contributed by atoms with E-state index in [9.17, 15) is 9.59 Å². The maximum Gasteiger partial charge on any atom is 0.245 e. The Morgan fingerprint density at radius 1 is 1.43 bits per heavy atom. The van der Waals surface area contributed by atoms with E-state index in [-0.39, 0.29) is 29.9 Å². The van der Waals surface area contributed by atoms with Gasteiger partial charge in [0.25, 0.3) is 0 Å². The standard InChI is InChI=1S/C16H22ClN3O2S/c1-9(2)5-12-16(22)20-8-10(6-13(20)15(21)19-12)18-7-11-3-4-14(17)23-11/h3-4,9-10,12-13,18H,5-8H2,1-2H3,(H,19,21)/t10-,12-,13-/m0/s1. The van der Waals surface area contributed by atoms with Crippen molar-refractivity contribution in [3.05, 3.63) is 21.3 Å². The molecule has 3 heterocycles. The Bertz CT molecular complexity index is 604. The molecule has 1 aromatic rings. The minimum atomic E-state index is -0.367. The SMILES string of the molecule is CC(C)C[C@@H]1NC(=O)[C@@H]2C[C@H](NCc3ccc(Cl)s3)CN2C1=O. The third-order valence-electron chi connectivity index (χ3n) is 4.40. The largest absolute Gasteiger partial charge is 0.342 e. The van der Waals surface area contributed by atoms with Gasteiger partial charge < -0.3 is 15.5 Å². The van der Waals surface area contributed by atoms with Gasteiger partial charge in [-0.05, 0) is 30.9 Å². The van der Waals surface area contributed by atoms with E-state index in [4.69, 9.17) is 11.6 Å². The maximum atomic E-state index is 12.6. The second-order valence-electron chi connectivity index (χ2n) is 6.72. The van der Waals surface area contributed by atoms with E-state index in [2.05, 4.69) is 24.5 Å². The number of thiophene rings is 1. The molecule has 2 aliphatic heterocycles. The number of carbonyl (C=O) groups excluding carboxylic acids is 2. The Morgan fingerprint density at radius 2 is 2.22 bits per heavy atom. The molecule has 1 aromatic heterocycles. The summed E-state index contributed by atoms with van der Waals surface area (Å²) in [6.45, 7) is 5.44. The molecule has 0 aromatic carbocycles. The first-order chi connectivity index (χ1) is 10.9. The summed E-state index contributed by atoms with van der Waals surface area (Å²) in [5.74, 6) is 0.423. The minimum absolute atomic E-state index is 0.0151. The van der Waals surface area contributed by atoms with Crippen LogP contribution >= 0.6 is 22.9 Å². The molecule has 5 nitrogen and oxygen atoms in total. The molecule has 3 atom stereocenters. The summed E-state index contributed by atoms with van der Waals surface area (Å²) < 4.78 is 0.775. The number of piperazine rings is 1. The van der Waals surface area contributed by atoms with Crippen LogP contribution in [0.15, 0.2) is 12.1 Å². The molecule has 2 amide bonds. The molecule has 2 aliphatic rings. The van der Waals surface area contributed by atoms with E-state index in [1.807, 2.05) is 12.1 Å². The van der Waals surface area contributed by atoms with Crippen LogP contribution in [0.25, 0.3) is 0 Å². The highest BCUT2D eigenvalue weighted by Crippen LogP contribution is 2.26. The van der Waals surface area contributed by atoms with Crippen molar-refractivity contribution < 1.29 is 9.59 Å². The maximum absolute atomic E-state index is 12.6. The number of rotatable bonds is 5. The fourth-order valence-corrected chi connectivity index (χ4v) is 4.37. The van der Waals surface area contributed by atoms with Crippen molar-refractivity contribution >= 4 is 34.8 Å². The average Bonchev–Trinajstić information content (AvgIpc) is 3.08. The van der Waals surface area contributed by atoms with E-state index < -0.39 is 0 Å². The highest BCUT2D eigenvalue weighted by Gasteiger charge is 2.46. The van der Waals surface area contributed by atoms with Gasteiger partial charge in [0.15, 0.2) is 0 Å². The van der Waals surface area contributed by atoms with Crippen molar-refractivity contribution in [2.24, 2.45) is 5.92 Å². The molecule has 0 bridgehead atoms. The minimum Gasteiger partial charge on any atom is -0.342 e. The lowest BCUT2D eigenvalue weighted by atomic mass is 9.99. The van der Waals surface area contributed by atoms with Crippen LogP contribution in [-0.2, 0) is 16.1 Å². The summed E-state index contributed by atoms with van der Waals surface area (Å²) in [6, 6.07) is 3.34.